The lowest BCUT2D eigenvalue weighted by atomic mass is 10.00. The average Bonchev–Trinajstić information content (AvgIpc) is 3.27. The number of sulfonamides is 1. The van der Waals surface area contributed by atoms with E-state index in [9.17, 15) is 8.42 Å². The van der Waals surface area contributed by atoms with Gasteiger partial charge in [0.1, 0.15) is 0 Å². The van der Waals surface area contributed by atoms with Gasteiger partial charge in [-0.25, -0.2) is 12.7 Å². The molecular formula is C22H31N3O5S. The van der Waals surface area contributed by atoms with Gasteiger partial charge in [-0.2, -0.15) is 4.98 Å². The second kappa shape index (κ2) is 10.7. The third kappa shape index (κ3) is 6.35. The maximum Gasteiger partial charge on any atom is 0.231 e. The second-order valence-corrected chi connectivity index (χ2v) is 10.3. The molecule has 0 radical (unpaired) electrons. The van der Waals surface area contributed by atoms with Crippen LogP contribution in [0, 0.1) is 5.92 Å². The minimum Gasteiger partial charge on any atom is -0.381 e. The molecule has 2 aliphatic heterocycles. The number of nitrogens with zero attached hydrogens (tertiary/aromatic N) is 3. The maximum absolute atomic E-state index is 12.9. The molecule has 2 aromatic rings. The molecule has 170 valence electrons. The van der Waals surface area contributed by atoms with Crippen LogP contribution in [0.2, 0.25) is 0 Å². The molecule has 1 aromatic carbocycles. The summed E-state index contributed by atoms with van der Waals surface area (Å²) in [5.41, 5.74) is 0.797. The molecule has 1 atom stereocenters. The Morgan fingerprint density at radius 1 is 1.13 bits per heavy atom. The quantitative estimate of drug-likeness (QED) is 0.543. The van der Waals surface area contributed by atoms with E-state index in [1.165, 1.54) is 0 Å². The molecule has 2 fully saturated rings. The molecule has 2 saturated heterocycles. The van der Waals surface area contributed by atoms with Crippen molar-refractivity contribution in [2.75, 3.05) is 39.5 Å². The minimum absolute atomic E-state index is 0.0140. The smallest absolute Gasteiger partial charge is 0.231 e. The summed E-state index contributed by atoms with van der Waals surface area (Å²) in [4.78, 5) is 4.52. The molecule has 0 aliphatic carbocycles. The molecule has 1 unspecified atom stereocenters. The highest BCUT2D eigenvalue weighted by atomic mass is 32.2. The van der Waals surface area contributed by atoms with Crippen LogP contribution in [0.1, 0.15) is 48.9 Å². The van der Waals surface area contributed by atoms with Gasteiger partial charge in [0.05, 0.1) is 18.3 Å². The fourth-order valence-electron chi connectivity index (χ4n) is 4.13. The molecule has 2 aliphatic rings. The highest BCUT2D eigenvalue weighted by Crippen LogP contribution is 2.28. The van der Waals surface area contributed by atoms with Crippen LogP contribution < -0.4 is 0 Å². The van der Waals surface area contributed by atoms with E-state index >= 15 is 0 Å². The highest BCUT2D eigenvalue weighted by Gasteiger charge is 2.32. The summed E-state index contributed by atoms with van der Waals surface area (Å²) in [5, 5.41) is 4.08. The number of aromatic nitrogens is 2. The van der Waals surface area contributed by atoms with Gasteiger partial charge < -0.3 is 14.0 Å². The normalized spacial score (nSPS) is 21.4. The van der Waals surface area contributed by atoms with Gasteiger partial charge in [-0.05, 0) is 37.2 Å². The monoisotopic (exact) mass is 449 g/mol. The summed E-state index contributed by atoms with van der Waals surface area (Å²) in [5.74, 6) is 1.66. The van der Waals surface area contributed by atoms with E-state index in [1.807, 2.05) is 30.3 Å². The molecule has 8 nitrogen and oxygen atoms in total. The van der Waals surface area contributed by atoms with Crippen LogP contribution in [-0.2, 0) is 31.7 Å². The maximum atomic E-state index is 12.9. The van der Waals surface area contributed by atoms with E-state index in [4.69, 9.17) is 14.0 Å². The van der Waals surface area contributed by atoms with Crippen molar-refractivity contribution in [3.8, 4) is 0 Å². The minimum atomic E-state index is -3.38. The molecule has 0 spiro atoms. The third-order valence-corrected chi connectivity index (χ3v) is 7.78. The zero-order chi connectivity index (χ0) is 21.5. The lowest BCUT2D eigenvalue weighted by Crippen LogP contribution is -2.39. The first-order valence-electron chi connectivity index (χ1n) is 11.1. The average molecular weight is 450 g/mol. The molecule has 4 rings (SSSR count). The van der Waals surface area contributed by atoms with Gasteiger partial charge in [-0.3, -0.25) is 0 Å². The number of hydrogen-bond donors (Lipinski definition) is 0. The number of benzene rings is 1. The van der Waals surface area contributed by atoms with Crippen LogP contribution in [0.25, 0.3) is 0 Å². The molecule has 0 N–H and O–H groups in total. The van der Waals surface area contributed by atoms with Gasteiger partial charge in [0.25, 0.3) is 0 Å². The molecule has 0 amide bonds. The molecule has 31 heavy (non-hydrogen) atoms. The van der Waals surface area contributed by atoms with E-state index in [-0.39, 0.29) is 11.7 Å². The summed E-state index contributed by atoms with van der Waals surface area (Å²) in [6.07, 6.45) is 4.33. The Kier molecular flexibility index (Phi) is 7.71. The summed E-state index contributed by atoms with van der Waals surface area (Å²) in [6.45, 7) is 3.86. The van der Waals surface area contributed by atoms with Gasteiger partial charge in [-0.15, -0.1) is 0 Å². The number of rotatable bonds is 9. The third-order valence-electron chi connectivity index (χ3n) is 5.97. The second-order valence-electron chi connectivity index (χ2n) is 8.37. The van der Waals surface area contributed by atoms with Gasteiger partial charge in [0, 0.05) is 39.3 Å². The van der Waals surface area contributed by atoms with Crippen molar-refractivity contribution in [2.45, 2.75) is 43.8 Å². The largest absolute Gasteiger partial charge is 0.381 e. The predicted molar refractivity (Wildman–Crippen MR) is 115 cm³/mol. The van der Waals surface area contributed by atoms with Crippen molar-refractivity contribution in [1.29, 1.82) is 0 Å². The lowest BCUT2D eigenvalue weighted by Gasteiger charge is -2.30. The Bertz CT molecular complexity index is 912. The van der Waals surface area contributed by atoms with Crippen LogP contribution in [0.15, 0.2) is 34.9 Å². The van der Waals surface area contributed by atoms with Crippen LogP contribution >= 0.6 is 0 Å². The van der Waals surface area contributed by atoms with Crippen LogP contribution in [0.5, 0.6) is 0 Å². The number of ether oxygens (including phenoxy) is 2. The first kappa shape index (κ1) is 22.4. The van der Waals surface area contributed by atoms with Crippen LogP contribution in [0.3, 0.4) is 0 Å². The van der Waals surface area contributed by atoms with Gasteiger partial charge in [-0.1, -0.05) is 35.5 Å². The Morgan fingerprint density at radius 3 is 2.74 bits per heavy atom. The fourth-order valence-corrected chi connectivity index (χ4v) is 5.74. The SMILES string of the molecule is O=S(=O)(Cc1ccccc1)N1CCCC(c2nc(CCOCC3CCOCC3)no2)C1. The van der Waals surface area contributed by atoms with E-state index in [0.29, 0.717) is 43.8 Å². The van der Waals surface area contributed by atoms with E-state index in [0.717, 1.165) is 51.1 Å². The highest BCUT2D eigenvalue weighted by molar-refractivity contribution is 7.88. The topological polar surface area (TPSA) is 94.8 Å². The summed E-state index contributed by atoms with van der Waals surface area (Å²) >= 11 is 0. The summed E-state index contributed by atoms with van der Waals surface area (Å²) in [6, 6.07) is 9.28. The first-order chi connectivity index (χ1) is 15.1. The van der Waals surface area contributed by atoms with Crippen molar-refractivity contribution in [3.05, 3.63) is 47.6 Å². The Balaban J connectivity index is 1.27. The van der Waals surface area contributed by atoms with Gasteiger partial charge >= 0.3 is 0 Å². The molecule has 3 heterocycles. The molecule has 0 bridgehead atoms. The van der Waals surface area contributed by atoms with E-state index in [1.54, 1.807) is 4.31 Å². The Hall–Kier alpha value is -1.81. The zero-order valence-corrected chi connectivity index (χ0v) is 18.6. The Morgan fingerprint density at radius 2 is 1.94 bits per heavy atom. The lowest BCUT2D eigenvalue weighted by molar-refractivity contribution is 0.0211. The molecule has 0 saturated carbocycles. The van der Waals surface area contributed by atoms with Crippen LogP contribution in [0.4, 0.5) is 0 Å². The van der Waals surface area contributed by atoms with Crippen molar-refractivity contribution >= 4 is 10.0 Å². The molecular weight excluding hydrogens is 418 g/mol. The van der Waals surface area contributed by atoms with Crippen LogP contribution in [-0.4, -0.2) is 62.4 Å². The van der Waals surface area contributed by atoms with Gasteiger partial charge in [0.2, 0.25) is 15.9 Å². The fraction of sp³-hybridized carbons (Fsp3) is 0.636. The molecule has 1 aromatic heterocycles. The Labute approximate surface area is 184 Å². The zero-order valence-electron chi connectivity index (χ0n) is 17.8. The van der Waals surface area contributed by atoms with Gasteiger partial charge in [0.15, 0.2) is 5.82 Å². The van der Waals surface area contributed by atoms with Crippen molar-refractivity contribution in [1.82, 2.24) is 14.4 Å². The summed E-state index contributed by atoms with van der Waals surface area (Å²) < 4.78 is 43.9. The van der Waals surface area contributed by atoms with Crippen molar-refractivity contribution < 1.29 is 22.4 Å². The molecule has 9 heteroatoms. The number of piperidine rings is 1. The standard InChI is InChI=1S/C22H31N3O5S/c26-31(27,17-19-5-2-1-3-6-19)25-11-4-7-20(15-25)22-23-21(24-30-22)10-14-29-16-18-8-12-28-13-9-18/h1-3,5-6,18,20H,4,7-17H2. The number of hydrogen-bond acceptors (Lipinski definition) is 7. The van der Waals surface area contributed by atoms with E-state index in [2.05, 4.69) is 10.1 Å². The predicted octanol–water partition coefficient (Wildman–Crippen LogP) is 2.76. The van der Waals surface area contributed by atoms with Crippen molar-refractivity contribution in [2.24, 2.45) is 5.92 Å². The van der Waals surface area contributed by atoms with Crippen molar-refractivity contribution in [3.63, 3.8) is 0 Å². The van der Waals surface area contributed by atoms with E-state index < -0.39 is 10.0 Å². The first-order valence-corrected chi connectivity index (χ1v) is 12.7. The summed E-state index contributed by atoms with van der Waals surface area (Å²) in [7, 11) is -3.38.